The summed E-state index contributed by atoms with van der Waals surface area (Å²) in [5, 5.41) is 11.9. The first-order valence-electron chi connectivity index (χ1n) is 5.68. The Kier molecular flexibility index (Phi) is 3.77. The molecule has 0 spiro atoms. The summed E-state index contributed by atoms with van der Waals surface area (Å²) >= 11 is 0. The van der Waals surface area contributed by atoms with Gasteiger partial charge in [-0.05, 0) is 37.3 Å². The Morgan fingerprint density at radius 3 is 2.72 bits per heavy atom. The van der Waals surface area contributed by atoms with Crippen LogP contribution in [0.4, 0.5) is 11.5 Å². The van der Waals surface area contributed by atoms with Gasteiger partial charge in [0.2, 0.25) is 0 Å². The summed E-state index contributed by atoms with van der Waals surface area (Å²) in [5.74, 6) is 1.49. The van der Waals surface area contributed by atoms with Crippen LogP contribution in [0.15, 0.2) is 42.6 Å². The molecule has 0 bridgehead atoms. The van der Waals surface area contributed by atoms with Crippen LogP contribution in [0, 0.1) is 11.3 Å². The fourth-order valence-electron chi connectivity index (χ4n) is 1.51. The number of nitrogens with one attached hydrogen (secondary N) is 1. The monoisotopic (exact) mass is 239 g/mol. The zero-order valence-electron chi connectivity index (χ0n) is 10.1. The van der Waals surface area contributed by atoms with Gasteiger partial charge in [0.15, 0.2) is 0 Å². The summed E-state index contributed by atoms with van der Waals surface area (Å²) in [6.45, 7) is 2.56. The first kappa shape index (κ1) is 11.9. The molecule has 90 valence electrons. The van der Waals surface area contributed by atoms with Gasteiger partial charge in [0, 0.05) is 18.0 Å². The number of benzene rings is 1. The van der Waals surface area contributed by atoms with E-state index >= 15 is 0 Å². The van der Waals surface area contributed by atoms with Crippen molar-refractivity contribution in [1.82, 2.24) is 4.98 Å². The predicted molar refractivity (Wildman–Crippen MR) is 69.8 cm³/mol. The van der Waals surface area contributed by atoms with E-state index in [0.717, 1.165) is 11.4 Å². The molecule has 0 aliphatic heterocycles. The van der Waals surface area contributed by atoms with Crippen LogP contribution in [0.5, 0.6) is 5.75 Å². The molecular weight excluding hydrogens is 226 g/mol. The summed E-state index contributed by atoms with van der Waals surface area (Å²) in [6.07, 6.45) is 1.69. The third kappa shape index (κ3) is 2.98. The minimum absolute atomic E-state index is 0.625. The van der Waals surface area contributed by atoms with Gasteiger partial charge in [-0.25, -0.2) is 4.98 Å². The van der Waals surface area contributed by atoms with Crippen molar-refractivity contribution in [2.75, 3.05) is 11.9 Å². The van der Waals surface area contributed by atoms with Crippen LogP contribution in [0.3, 0.4) is 0 Å². The summed E-state index contributed by atoms with van der Waals surface area (Å²) in [6, 6.07) is 12.9. The number of hydrogen-bond donors (Lipinski definition) is 1. The summed E-state index contributed by atoms with van der Waals surface area (Å²) in [7, 11) is 0. The second-order valence-corrected chi connectivity index (χ2v) is 3.62. The summed E-state index contributed by atoms with van der Waals surface area (Å²) < 4.78 is 5.40. The molecule has 0 amide bonds. The van der Waals surface area contributed by atoms with Crippen molar-refractivity contribution < 1.29 is 4.74 Å². The zero-order chi connectivity index (χ0) is 12.8. The van der Waals surface area contributed by atoms with Crippen LogP contribution in [0.25, 0.3) is 0 Å². The maximum absolute atomic E-state index is 8.71. The van der Waals surface area contributed by atoms with Crippen LogP contribution in [-0.4, -0.2) is 11.6 Å². The largest absolute Gasteiger partial charge is 0.494 e. The van der Waals surface area contributed by atoms with Gasteiger partial charge in [0.05, 0.1) is 18.2 Å². The van der Waals surface area contributed by atoms with Crippen LogP contribution in [0.2, 0.25) is 0 Å². The van der Waals surface area contributed by atoms with Crippen molar-refractivity contribution in [2.45, 2.75) is 6.92 Å². The lowest BCUT2D eigenvalue weighted by Crippen LogP contribution is -1.96. The number of anilines is 2. The van der Waals surface area contributed by atoms with E-state index in [9.17, 15) is 0 Å². The first-order valence-corrected chi connectivity index (χ1v) is 5.68. The molecule has 0 radical (unpaired) electrons. The van der Waals surface area contributed by atoms with Crippen molar-refractivity contribution in [3.63, 3.8) is 0 Å². The minimum Gasteiger partial charge on any atom is -0.494 e. The molecule has 0 atom stereocenters. The number of nitriles is 1. The third-order valence-corrected chi connectivity index (χ3v) is 2.33. The Bertz CT molecular complexity index is 558. The number of rotatable bonds is 4. The molecule has 2 rings (SSSR count). The molecule has 1 N–H and O–H groups in total. The Hall–Kier alpha value is -2.54. The Balaban J connectivity index is 2.12. The normalized spacial score (nSPS) is 9.56. The average Bonchev–Trinajstić information content (AvgIpc) is 2.40. The van der Waals surface area contributed by atoms with E-state index < -0.39 is 0 Å². The quantitative estimate of drug-likeness (QED) is 0.890. The number of ether oxygens (including phenoxy) is 1. The minimum atomic E-state index is 0.625. The van der Waals surface area contributed by atoms with Crippen molar-refractivity contribution in [1.29, 1.82) is 5.26 Å². The van der Waals surface area contributed by atoms with Crippen molar-refractivity contribution in [2.24, 2.45) is 0 Å². The molecular formula is C14H13N3O. The van der Waals surface area contributed by atoms with E-state index in [1.165, 1.54) is 0 Å². The molecule has 0 unspecified atom stereocenters. The van der Waals surface area contributed by atoms with Gasteiger partial charge >= 0.3 is 0 Å². The van der Waals surface area contributed by atoms with E-state index in [-0.39, 0.29) is 0 Å². The van der Waals surface area contributed by atoms with Crippen LogP contribution < -0.4 is 10.1 Å². The van der Waals surface area contributed by atoms with Gasteiger partial charge in [-0.3, -0.25) is 0 Å². The highest BCUT2D eigenvalue weighted by atomic mass is 16.5. The molecule has 4 nitrogen and oxygen atoms in total. The molecule has 18 heavy (non-hydrogen) atoms. The standard InChI is InChI=1S/C14H13N3O/c1-2-18-13-7-8-16-14(9-13)17-12-5-3-11(10-15)4-6-12/h3-9H,2H2,1H3,(H,16,17). The van der Waals surface area contributed by atoms with Crippen molar-refractivity contribution in [3.05, 3.63) is 48.2 Å². The summed E-state index contributed by atoms with van der Waals surface area (Å²) in [4.78, 5) is 4.20. The summed E-state index contributed by atoms with van der Waals surface area (Å²) in [5.41, 5.74) is 1.52. The zero-order valence-corrected chi connectivity index (χ0v) is 10.1. The smallest absolute Gasteiger partial charge is 0.133 e. The molecule has 4 heteroatoms. The number of nitrogens with zero attached hydrogens (tertiary/aromatic N) is 2. The molecule has 0 fully saturated rings. The van der Waals surface area contributed by atoms with Gasteiger partial charge in [0.25, 0.3) is 0 Å². The van der Waals surface area contributed by atoms with Crippen molar-refractivity contribution in [3.8, 4) is 11.8 Å². The maximum Gasteiger partial charge on any atom is 0.133 e. The molecule has 1 heterocycles. The Morgan fingerprint density at radius 1 is 1.28 bits per heavy atom. The molecule has 0 saturated heterocycles. The molecule has 1 aromatic carbocycles. The lowest BCUT2D eigenvalue weighted by molar-refractivity contribution is 0.340. The topological polar surface area (TPSA) is 57.9 Å². The highest BCUT2D eigenvalue weighted by molar-refractivity contribution is 5.58. The van der Waals surface area contributed by atoms with E-state index in [2.05, 4.69) is 16.4 Å². The maximum atomic E-state index is 8.71. The Labute approximate surface area is 106 Å². The van der Waals surface area contributed by atoms with Crippen LogP contribution in [0.1, 0.15) is 12.5 Å². The van der Waals surface area contributed by atoms with Crippen LogP contribution >= 0.6 is 0 Å². The predicted octanol–water partition coefficient (Wildman–Crippen LogP) is 3.10. The molecule has 0 aliphatic carbocycles. The fourth-order valence-corrected chi connectivity index (χ4v) is 1.51. The second kappa shape index (κ2) is 5.69. The first-order chi connectivity index (χ1) is 8.81. The van der Waals surface area contributed by atoms with Gasteiger partial charge in [-0.1, -0.05) is 0 Å². The molecule has 1 aromatic heterocycles. The van der Waals surface area contributed by atoms with Gasteiger partial charge in [0.1, 0.15) is 11.6 Å². The Morgan fingerprint density at radius 2 is 2.06 bits per heavy atom. The third-order valence-electron chi connectivity index (χ3n) is 2.33. The van der Waals surface area contributed by atoms with Crippen molar-refractivity contribution >= 4 is 11.5 Å². The molecule has 2 aromatic rings. The van der Waals surface area contributed by atoms with E-state index in [1.54, 1.807) is 18.3 Å². The average molecular weight is 239 g/mol. The molecule has 0 aliphatic rings. The van der Waals surface area contributed by atoms with Crippen LogP contribution in [-0.2, 0) is 0 Å². The lowest BCUT2D eigenvalue weighted by atomic mass is 10.2. The number of pyridine rings is 1. The number of hydrogen-bond acceptors (Lipinski definition) is 4. The van der Waals surface area contributed by atoms with E-state index in [4.69, 9.17) is 10.00 Å². The second-order valence-electron chi connectivity index (χ2n) is 3.62. The SMILES string of the molecule is CCOc1ccnc(Nc2ccc(C#N)cc2)c1. The van der Waals surface area contributed by atoms with E-state index in [0.29, 0.717) is 18.0 Å². The fraction of sp³-hybridized carbons (Fsp3) is 0.143. The van der Waals surface area contributed by atoms with E-state index in [1.807, 2.05) is 31.2 Å². The van der Waals surface area contributed by atoms with Gasteiger partial charge in [-0.2, -0.15) is 5.26 Å². The highest BCUT2D eigenvalue weighted by Crippen LogP contribution is 2.19. The van der Waals surface area contributed by atoms with Gasteiger partial charge in [-0.15, -0.1) is 0 Å². The highest BCUT2D eigenvalue weighted by Gasteiger charge is 1.99. The number of aromatic nitrogens is 1. The van der Waals surface area contributed by atoms with Gasteiger partial charge < -0.3 is 10.1 Å². The molecule has 0 saturated carbocycles. The lowest BCUT2D eigenvalue weighted by Gasteiger charge is -2.07.